The molecule has 21 heavy (non-hydrogen) atoms. The molecule has 0 fully saturated rings. The number of ketones is 1. The average molecular weight is 301 g/mol. The van der Waals surface area contributed by atoms with Crippen LogP contribution in [-0.4, -0.2) is 23.7 Å². The fraction of sp³-hybridized carbons (Fsp3) is 0.400. The lowest BCUT2D eigenvalue weighted by atomic mass is 9.85. The minimum atomic E-state index is -4.68. The minimum Gasteiger partial charge on any atom is -0.379 e. The summed E-state index contributed by atoms with van der Waals surface area (Å²) in [7, 11) is 0. The molecule has 0 bridgehead atoms. The zero-order valence-electron chi connectivity index (χ0n) is 11.6. The van der Waals surface area contributed by atoms with Gasteiger partial charge in [-0.3, -0.25) is 4.79 Å². The molecule has 1 heterocycles. The highest BCUT2D eigenvalue weighted by Crippen LogP contribution is 2.31. The van der Waals surface area contributed by atoms with E-state index in [0.717, 1.165) is 5.56 Å². The van der Waals surface area contributed by atoms with Crippen molar-refractivity contribution < 1.29 is 22.4 Å². The number of nitrogens with one attached hydrogen (secondary N) is 1. The quantitative estimate of drug-likeness (QED) is 0.684. The molecule has 0 saturated heterocycles. The standard InChI is InChI=1S/C15H15F4NO/c1-14(2)8-9-5-3-4-6-10(9)11(20-14)7-12(21)15(18,19)13(16)17/h3-7,13,20H,8H2,1-2H3/b11-7-. The molecule has 1 aromatic carbocycles. The Morgan fingerprint density at radius 2 is 1.95 bits per heavy atom. The molecule has 1 aromatic rings. The number of allylic oxidation sites excluding steroid dienone is 1. The van der Waals surface area contributed by atoms with Crippen LogP contribution < -0.4 is 5.32 Å². The van der Waals surface area contributed by atoms with Gasteiger partial charge in [0.05, 0.1) is 0 Å². The Bertz CT molecular complexity index is 593. The van der Waals surface area contributed by atoms with Crippen LogP contribution in [0.3, 0.4) is 0 Å². The lowest BCUT2D eigenvalue weighted by Gasteiger charge is -2.35. The smallest absolute Gasteiger partial charge is 0.368 e. The predicted molar refractivity (Wildman–Crippen MR) is 71.3 cm³/mol. The van der Waals surface area contributed by atoms with Crippen LogP contribution in [0.25, 0.3) is 5.70 Å². The molecule has 0 amide bonds. The summed E-state index contributed by atoms with van der Waals surface area (Å²) in [5, 5.41) is 2.95. The van der Waals surface area contributed by atoms with Gasteiger partial charge in [0, 0.05) is 22.9 Å². The number of halogens is 4. The Labute approximate surface area is 119 Å². The molecule has 0 saturated carbocycles. The number of alkyl halides is 4. The molecule has 0 unspecified atom stereocenters. The van der Waals surface area contributed by atoms with Crippen LogP contribution in [0.4, 0.5) is 17.6 Å². The summed E-state index contributed by atoms with van der Waals surface area (Å²) in [4.78, 5) is 11.4. The molecule has 0 aliphatic carbocycles. The summed E-state index contributed by atoms with van der Waals surface area (Å²) in [6.45, 7) is 3.68. The van der Waals surface area contributed by atoms with Crippen LogP contribution in [0.15, 0.2) is 30.3 Å². The SMILES string of the molecule is CC1(C)Cc2ccccc2/C(=C/C(=O)C(F)(F)C(F)F)N1. The second-order valence-corrected chi connectivity index (χ2v) is 5.69. The van der Waals surface area contributed by atoms with E-state index in [1.54, 1.807) is 18.2 Å². The van der Waals surface area contributed by atoms with Gasteiger partial charge in [-0.25, -0.2) is 8.78 Å². The van der Waals surface area contributed by atoms with Gasteiger partial charge in [-0.05, 0) is 25.8 Å². The van der Waals surface area contributed by atoms with Gasteiger partial charge in [-0.2, -0.15) is 8.78 Å². The zero-order chi connectivity index (χ0) is 15.8. The molecule has 0 radical (unpaired) electrons. The van der Waals surface area contributed by atoms with Gasteiger partial charge in [-0.1, -0.05) is 24.3 Å². The molecule has 1 aliphatic heterocycles. The molecule has 2 rings (SSSR count). The maximum absolute atomic E-state index is 13.1. The number of carbonyl (C=O) groups excluding carboxylic acids is 1. The third-order valence-electron chi connectivity index (χ3n) is 3.29. The van der Waals surface area contributed by atoms with Crippen molar-refractivity contribution in [1.29, 1.82) is 0 Å². The molecule has 114 valence electrons. The van der Waals surface area contributed by atoms with Crippen molar-refractivity contribution in [3.63, 3.8) is 0 Å². The Hall–Kier alpha value is -1.85. The first kappa shape index (κ1) is 15.5. The molecule has 1 aliphatic rings. The van der Waals surface area contributed by atoms with E-state index in [2.05, 4.69) is 5.32 Å². The van der Waals surface area contributed by atoms with E-state index in [4.69, 9.17) is 0 Å². The fourth-order valence-electron chi connectivity index (χ4n) is 2.34. The van der Waals surface area contributed by atoms with E-state index >= 15 is 0 Å². The number of benzene rings is 1. The summed E-state index contributed by atoms with van der Waals surface area (Å²) in [6.07, 6.45) is -2.81. The van der Waals surface area contributed by atoms with Crippen molar-refractivity contribution in [1.82, 2.24) is 5.32 Å². The van der Waals surface area contributed by atoms with Gasteiger partial charge in [0.25, 0.3) is 0 Å². The van der Waals surface area contributed by atoms with Crippen molar-refractivity contribution in [2.45, 2.75) is 38.2 Å². The molecule has 0 atom stereocenters. The van der Waals surface area contributed by atoms with Crippen LogP contribution in [0, 0.1) is 0 Å². The maximum Gasteiger partial charge on any atom is 0.368 e. The number of rotatable bonds is 3. The predicted octanol–water partition coefficient (Wildman–Crippen LogP) is 3.42. The third kappa shape index (κ3) is 3.09. The average Bonchev–Trinajstić information content (AvgIpc) is 2.37. The highest BCUT2D eigenvalue weighted by molar-refractivity contribution is 6.01. The van der Waals surface area contributed by atoms with Crippen LogP contribution in [0.1, 0.15) is 25.0 Å². The monoisotopic (exact) mass is 301 g/mol. The first-order valence-corrected chi connectivity index (χ1v) is 6.42. The van der Waals surface area contributed by atoms with Crippen molar-refractivity contribution in [2.24, 2.45) is 0 Å². The van der Waals surface area contributed by atoms with E-state index in [-0.39, 0.29) is 5.70 Å². The van der Waals surface area contributed by atoms with Crippen LogP contribution in [-0.2, 0) is 11.2 Å². The summed E-state index contributed by atoms with van der Waals surface area (Å²) in [5.74, 6) is -6.57. The highest BCUT2D eigenvalue weighted by atomic mass is 19.3. The highest BCUT2D eigenvalue weighted by Gasteiger charge is 2.47. The van der Waals surface area contributed by atoms with Crippen molar-refractivity contribution in [2.75, 3.05) is 0 Å². The van der Waals surface area contributed by atoms with Gasteiger partial charge in [0.2, 0.25) is 5.78 Å². The van der Waals surface area contributed by atoms with Crippen LogP contribution in [0.5, 0.6) is 0 Å². The molecule has 0 aromatic heterocycles. The molecular formula is C15H15F4NO. The van der Waals surface area contributed by atoms with Gasteiger partial charge in [0.15, 0.2) is 0 Å². The fourth-order valence-corrected chi connectivity index (χ4v) is 2.34. The molecular weight excluding hydrogens is 286 g/mol. The summed E-state index contributed by atoms with van der Waals surface area (Å²) >= 11 is 0. The van der Waals surface area contributed by atoms with Crippen molar-refractivity contribution in [3.05, 3.63) is 41.5 Å². The van der Waals surface area contributed by atoms with E-state index in [9.17, 15) is 22.4 Å². The Morgan fingerprint density at radius 1 is 1.33 bits per heavy atom. The first-order chi connectivity index (χ1) is 9.63. The van der Waals surface area contributed by atoms with Gasteiger partial charge in [-0.15, -0.1) is 0 Å². The summed E-state index contributed by atoms with van der Waals surface area (Å²) in [5.41, 5.74) is 1.14. The number of carbonyl (C=O) groups is 1. The maximum atomic E-state index is 13.1. The van der Waals surface area contributed by atoms with Crippen molar-refractivity contribution >= 4 is 11.5 Å². The summed E-state index contributed by atoms with van der Waals surface area (Å²) < 4.78 is 50.7. The second kappa shape index (κ2) is 5.16. The minimum absolute atomic E-state index is 0.146. The van der Waals surface area contributed by atoms with E-state index in [1.807, 2.05) is 19.9 Å². The molecule has 1 N–H and O–H groups in total. The van der Waals surface area contributed by atoms with E-state index < -0.39 is 23.7 Å². The third-order valence-corrected chi connectivity index (χ3v) is 3.29. The first-order valence-electron chi connectivity index (χ1n) is 6.42. The topological polar surface area (TPSA) is 29.1 Å². The lowest BCUT2D eigenvalue weighted by Crippen LogP contribution is -2.44. The van der Waals surface area contributed by atoms with E-state index in [1.165, 1.54) is 0 Å². The van der Waals surface area contributed by atoms with Gasteiger partial charge < -0.3 is 5.32 Å². The zero-order valence-corrected chi connectivity index (χ0v) is 11.6. The van der Waals surface area contributed by atoms with Crippen LogP contribution in [0.2, 0.25) is 0 Å². The Kier molecular flexibility index (Phi) is 3.82. The summed E-state index contributed by atoms with van der Waals surface area (Å²) in [6, 6.07) is 6.98. The Balaban J connectivity index is 2.44. The Morgan fingerprint density at radius 3 is 2.57 bits per heavy atom. The van der Waals surface area contributed by atoms with Crippen molar-refractivity contribution in [3.8, 4) is 0 Å². The normalized spacial score (nSPS) is 19.3. The molecule has 2 nitrogen and oxygen atoms in total. The van der Waals surface area contributed by atoms with Gasteiger partial charge in [0.1, 0.15) is 0 Å². The van der Waals surface area contributed by atoms with Gasteiger partial charge >= 0.3 is 12.3 Å². The number of fused-ring (bicyclic) bond motifs is 1. The number of hydrogen-bond acceptors (Lipinski definition) is 2. The lowest BCUT2D eigenvalue weighted by molar-refractivity contribution is -0.161. The van der Waals surface area contributed by atoms with Crippen LogP contribution >= 0.6 is 0 Å². The number of hydrogen-bond donors (Lipinski definition) is 1. The van der Waals surface area contributed by atoms with E-state index in [0.29, 0.717) is 18.1 Å². The second-order valence-electron chi connectivity index (χ2n) is 5.69. The molecule has 0 spiro atoms. The largest absolute Gasteiger partial charge is 0.379 e. The molecule has 6 heteroatoms.